The van der Waals surface area contributed by atoms with Gasteiger partial charge in [0.2, 0.25) is 0 Å². The number of hydrogen-bond acceptors (Lipinski definition) is 3. The Morgan fingerprint density at radius 3 is 2.74 bits per heavy atom. The minimum absolute atomic E-state index is 0.00157. The predicted octanol–water partition coefficient (Wildman–Crippen LogP) is 4.68. The summed E-state index contributed by atoms with van der Waals surface area (Å²) in [6.07, 6.45) is 0.808. The van der Waals surface area contributed by atoms with Crippen LogP contribution >= 0.6 is 27.3 Å². The zero-order chi connectivity index (χ0) is 13.8. The van der Waals surface area contributed by atoms with Gasteiger partial charge < -0.3 is 10.5 Å². The normalized spacial score (nSPS) is 14.1. The lowest BCUT2D eigenvalue weighted by Crippen LogP contribution is -2.31. The Labute approximate surface area is 126 Å². The lowest BCUT2D eigenvalue weighted by molar-refractivity contribution is 0.173. The van der Waals surface area contributed by atoms with Crippen LogP contribution in [0.15, 0.2) is 40.2 Å². The number of rotatable bonds is 5. The highest BCUT2D eigenvalue weighted by atomic mass is 79.9. The molecule has 0 bridgehead atoms. The van der Waals surface area contributed by atoms with Crippen LogP contribution in [-0.2, 0) is 0 Å². The second kappa shape index (κ2) is 6.55. The van der Waals surface area contributed by atoms with Gasteiger partial charge in [-0.25, -0.2) is 0 Å². The van der Waals surface area contributed by atoms with Gasteiger partial charge in [0.05, 0.1) is 0 Å². The standard InChI is InChI=1S/C15H18BrNOS/c1-3-12(17)15(14-5-4-8-19-14)18-13-7-6-11(16)9-10(13)2/h4-9,12,15H,3,17H2,1-2H3. The zero-order valence-electron chi connectivity index (χ0n) is 11.1. The van der Waals surface area contributed by atoms with E-state index in [-0.39, 0.29) is 12.1 Å². The first-order valence-electron chi connectivity index (χ1n) is 6.33. The van der Waals surface area contributed by atoms with Gasteiger partial charge in [-0.3, -0.25) is 0 Å². The smallest absolute Gasteiger partial charge is 0.148 e. The summed E-state index contributed by atoms with van der Waals surface area (Å²) in [6.45, 7) is 4.13. The van der Waals surface area contributed by atoms with Crippen molar-refractivity contribution >= 4 is 27.3 Å². The zero-order valence-corrected chi connectivity index (χ0v) is 13.5. The van der Waals surface area contributed by atoms with Gasteiger partial charge in [0, 0.05) is 15.4 Å². The Bertz CT molecular complexity index is 527. The van der Waals surface area contributed by atoms with Gasteiger partial charge >= 0.3 is 0 Å². The Hall–Kier alpha value is -0.840. The van der Waals surface area contributed by atoms with Gasteiger partial charge in [-0.15, -0.1) is 11.3 Å². The van der Waals surface area contributed by atoms with E-state index in [1.165, 1.54) is 4.88 Å². The second-order valence-corrected chi connectivity index (χ2v) is 6.43. The number of ether oxygens (including phenoxy) is 1. The highest BCUT2D eigenvalue weighted by Gasteiger charge is 2.22. The average Bonchev–Trinajstić information content (AvgIpc) is 2.91. The summed E-state index contributed by atoms with van der Waals surface area (Å²) in [5.41, 5.74) is 7.32. The predicted molar refractivity (Wildman–Crippen MR) is 84.8 cm³/mol. The van der Waals surface area contributed by atoms with Crippen LogP contribution < -0.4 is 10.5 Å². The molecule has 2 unspecified atom stereocenters. The molecule has 2 aromatic rings. The summed E-state index contributed by atoms with van der Waals surface area (Å²) in [7, 11) is 0. The Morgan fingerprint density at radius 2 is 2.16 bits per heavy atom. The maximum atomic E-state index is 6.21. The number of nitrogens with two attached hydrogens (primary N) is 1. The van der Waals surface area contributed by atoms with Crippen molar-refractivity contribution in [3.05, 3.63) is 50.6 Å². The third kappa shape index (κ3) is 3.59. The minimum Gasteiger partial charge on any atom is -0.483 e. The van der Waals surface area contributed by atoms with Crippen LogP contribution in [0.3, 0.4) is 0 Å². The molecular weight excluding hydrogens is 322 g/mol. The molecule has 0 spiro atoms. The second-order valence-electron chi connectivity index (χ2n) is 4.54. The molecule has 0 fully saturated rings. The molecule has 1 aromatic carbocycles. The van der Waals surface area contributed by atoms with Crippen LogP contribution in [0.25, 0.3) is 0 Å². The van der Waals surface area contributed by atoms with Gasteiger partial charge in [0.25, 0.3) is 0 Å². The van der Waals surface area contributed by atoms with Gasteiger partial charge in [0.1, 0.15) is 11.9 Å². The summed E-state index contributed by atoms with van der Waals surface area (Å²) in [5.74, 6) is 0.894. The fourth-order valence-electron chi connectivity index (χ4n) is 1.91. The van der Waals surface area contributed by atoms with E-state index in [0.29, 0.717) is 0 Å². The number of aryl methyl sites for hydroxylation is 1. The lowest BCUT2D eigenvalue weighted by Gasteiger charge is -2.24. The van der Waals surface area contributed by atoms with Crippen molar-refractivity contribution < 1.29 is 4.74 Å². The van der Waals surface area contributed by atoms with Crippen molar-refractivity contribution in [3.8, 4) is 5.75 Å². The maximum Gasteiger partial charge on any atom is 0.148 e. The molecule has 0 aliphatic carbocycles. The summed E-state index contributed by atoms with van der Waals surface area (Å²) in [5, 5.41) is 2.06. The van der Waals surface area contributed by atoms with Gasteiger partial charge in [-0.1, -0.05) is 28.9 Å². The molecule has 1 aromatic heterocycles. The molecule has 0 radical (unpaired) electrons. The van der Waals surface area contributed by atoms with Crippen LogP contribution in [0.4, 0.5) is 0 Å². The van der Waals surface area contributed by atoms with Crippen molar-refractivity contribution in [1.82, 2.24) is 0 Å². The van der Waals surface area contributed by atoms with Crippen molar-refractivity contribution in [2.24, 2.45) is 5.73 Å². The molecule has 0 amide bonds. The first kappa shape index (κ1) is 14.6. The number of hydrogen-bond donors (Lipinski definition) is 1. The topological polar surface area (TPSA) is 35.2 Å². The maximum absolute atomic E-state index is 6.21. The quantitative estimate of drug-likeness (QED) is 0.858. The summed E-state index contributed by atoms with van der Waals surface area (Å²) in [4.78, 5) is 1.18. The van der Waals surface area contributed by atoms with Gasteiger partial charge in [-0.2, -0.15) is 0 Å². The summed E-state index contributed by atoms with van der Waals surface area (Å²) >= 11 is 5.15. The van der Waals surface area contributed by atoms with E-state index in [1.807, 2.05) is 25.1 Å². The molecule has 0 saturated carbocycles. The minimum atomic E-state index is -0.0788. The third-order valence-corrected chi connectivity index (χ3v) is 4.50. The Balaban J connectivity index is 2.25. The van der Waals surface area contributed by atoms with Crippen molar-refractivity contribution in [2.45, 2.75) is 32.4 Å². The molecule has 0 saturated heterocycles. The SMILES string of the molecule is CCC(N)C(Oc1ccc(Br)cc1C)c1cccs1. The number of halogens is 1. The summed E-state index contributed by atoms with van der Waals surface area (Å²) in [6, 6.07) is 10.2. The summed E-state index contributed by atoms with van der Waals surface area (Å²) < 4.78 is 7.22. The molecule has 1 heterocycles. The molecule has 0 aliphatic heterocycles. The van der Waals surface area contributed by atoms with E-state index in [4.69, 9.17) is 10.5 Å². The van der Waals surface area contributed by atoms with E-state index in [1.54, 1.807) is 11.3 Å². The average molecular weight is 340 g/mol. The van der Waals surface area contributed by atoms with Crippen molar-refractivity contribution in [2.75, 3.05) is 0 Å². The molecular formula is C15H18BrNOS. The van der Waals surface area contributed by atoms with Crippen molar-refractivity contribution in [1.29, 1.82) is 0 Å². The fraction of sp³-hybridized carbons (Fsp3) is 0.333. The molecule has 2 N–H and O–H groups in total. The molecule has 2 rings (SSSR count). The Morgan fingerprint density at radius 1 is 1.37 bits per heavy atom. The van der Waals surface area contributed by atoms with Crippen LogP contribution in [0.2, 0.25) is 0 Å². The van der Waals surface area contributed by atoms with Crippen LogP contribution in [-0.4, -0.2) is 6.04 Å². The van der Waals surface area contributed by atoms with E-state index in [2.05, 4.69) is 40.4 Å². The lowest BCUT2D eigenvalue weighted by atomic mass is 10.1. The molecule has 0 aliphatic rings. The van der Waals surface area contributed by atoms with E-state index >= 15 is 0 Å². The van der Waals surface area contributed by atoms with E-state index < -0.39 is 0 Å². The first-order chi connectivity index (χ1) is 9.11. The molecule has 102 valence electrons. The highest BCUT2D eigenvalue weighted by molar-refractivity contribution is 9.10. The fourth-order valence-corrected chi connectivity index (χ4v) is 3.21. The number of thiophene rings is 1. The van der Waals surface area contributed by atoms with E-state index in [9.17, 15) is 0 Å². The largest absolute Gasteiger partial charge is 0.483 e. The number of benzene rings is 1. The van der Waals surface area contributed by atoms with Gasteiger partial charge in [-0.05, 0) is 48.6 Å². The van der Waals surface area contributed by atoms with E-state index in [0.717, 1.165) is 22.2 Å². The van der Waals surface area contributed by atoms with Crippen LogP contribution in [0.5, 0.6) is 5.75 Å². The Kier molecular flexibility index (Phi) is 5.02. The van der Waals surface area contributed by atoms with Crippen molar-refractivity contribution in [3.63, 3.8) is 0 Å². The van der Waals surface area contributed by atoms with Crippen LogP contribution in [0, 0.1) is 6.92 Å². The highest BCUT2D eigenvalue weighted by Crippen LogP contribution is 2.31. The molecule has 2 nitrogen and oxygen atoms in total. The third-order valence-electron chi connectivity index (χ3n) is 3.07. The molecule has 4 heteroatoms. The molecule has 19 heavy (non-hydrogen) atoms. The molecule has 2 atom stereocenters. The van der Waals surface area contributed by atoms with Gasteiger partial charge in [0.15, 0.2) is 0 Å². The monoisotopic (exact) mass is 339 g/mol. The first-order valence-corrected chi connectivity index (χ1v) is 8.01. The van der Waals surface area contributed by atoms with Crippen LogP contribution in [0.1, 0.15) is 29.9 Å².